The van der Waals surface area contributed by atoms with Gasteiger partial charge in [-0.3, -0.25) is 14.5 Å². The fraction of sp³-hybridized carbons (Fsp3) is 0.500. The topological polar surface area (TPSA) is 96.9 Å². The van der Waals surface area contributed by atoms with Crippen molar-refractivity contribution in [1.82, 2.24) is 9.29 Å². The van der Waals surface area contributed by atoms with E-state index in [1.54, 1.807) is 17.2 Å². The van der Waals surface area contributed by atoms with Crippen LogP contribution in [0.1, 0.15) is 44.9 Å². The maximum atomic E-state index is 12.4. The van der Waals surface area contributed by atoms with Gasteiger partial charge in [-0.1, -0.05) is 19.1 Å². The Kier molecular flexibility index (Phi) is 8.02. The minimum absolute atomic E-state index is 0.0172. The number of aromatic nitrogens is 1. The average molecular weight is 480 g/mol. The van der Waals surface area contributed by atoms with Crippen LogP contribution in [0.4, 0.5) is 10.8 Å². The Morgan fingerprint density at radius 2 is 1.84 bits per heavy atom. The van der Waals surface area contributed by atoms with Crippen LogP contribution in [0.2, 0.25) is 0 Å². The lowest BCUT2D eigenvalue weighted by molar-refractivity contribution is -0.151. The second-order valence-electron chi connectivity index (χ2n) is 7.68. The molecule has 3 rings (SSSR count). The van der Waals surface area contributed by atoms with E-state index in [0.717, 1.165) is 12.1 Å². The highest BCUT2D eigenvalue weighted by Gasteiger charge is 2.31. The number of carbonyl (C=O) groups excluding carboxylic acids is 2. The van der Waals surface area contributed by atoms with E-state index < -0.39 is 10.0 Å². The molecule has 0 bridgehead atoms. The lowest BCUT2D eigenvalue weighted by atomic mass is 9.98. The first-order valence-corrected chi connectivity index (χ1v) is 13.2. The highest BCUT2D eigenvalue weighted by Crippen LogP contribution is 2.30. The summed E-state index contributed by atoms with van der Waals surface area (Å²) in [4.78, 5) is 30.7. The lowest BCUT2D eigenvalue weighted by Crippen LogP contribution is -2.41. The zero-order chi connectivity index (χ0) is 23.3. The van der Waals surface area contributed by atoms with Gasteiger partial charge in [-0.2, -0.15) is 0 Å². The quantitative estimate of drug-likeness (QED) is 0.538. The van der Waals surface area contributed by atoms with Crippen molar-refractivity contribution < 1.29 is 22.7 Å². The van der Waals surface area contributed by atoms with Crippen molar-refractivity contribution in [3.05, 3.63) is 40.9 Å². The van der Waals surface area contributed by atoms with Crippen LogP contribution < -0.4 is 4.90 Å². The molecule has 32 heavy (non-hydrogen) atoms. The molecule has 8 nitrogen and oxygen atoms in total. The molecular weight excluding hydrogens is 450 g/mol. The molecule has 0 unspecified atom stereocenters. The smallest absolute Gasteiger partial charge is 0.309 e. The molecule has 10 heteroatoms. The first-order chi connectivity index (χ1) is 15.2. The standard InChI is InChI=1S/C22H29N3O5S2/c1-4-17-6-8-20(9-7-17)25(16(3)26)22-23-19(15-31-22)14-30-21(27)18-10-12-24(13-11-18)32(28,29)5-2/h6-9,15,18H,4-5,10-14H2,1-3H3. The molecule has 0 aliphatic carbocycles. The summed E-state index contributed by atoms with van der Waals surface area (Å²) >= 11 is 1.31. The second-order valence-corrected chi connectivity index (χ2v) is 10.8. The van der Waals surface area contributed by atoms with E-state index in [9.17, 15) is 18.0 Å². The molecular formula is C22H29N3O5S2. The maximum absolute atomic E-state index is 12.4. The van der Waals surface area contributed by atoms with E-state index in [4.69, 9.17) is 4.74 Å². The van der Waals surface area contributed by atoms with Crippen molar-refractivity contribution in [2.45, 2.75) is 46.6 Å². The van der Waals surface area contributed by atoms with Crippen LogP contribution in [0.5, 0.6) is 0 Å². The summed E-state index contributed by atoms with van der Waals surface area (Å²) in [5.41, 5.74) is 2.49. The molecule has 2 aromatic rings. The summed E-state index contributed by atoms with van der Waals surface area (Å²) in [5.74, 6) is -0.747. The van der Waals surface area contributed by atoms with Gasteiger partial charge in [-0.15, -0.1) is 11.3 Å². The number of rotatable bonds is 8. The van der Waals surface area contributed by atoms with Crippen LogP contribution in [0.25, 0.3) is 0 Å². The molecule has 1 aromatic heterocycles. The SMILES string of the molecule is CCc1ccc(N(C(C)=O)c2nc(COC(=O)C3CCN(S(=O)(=O)CC)CC3)cs2)cc1. The number of anilines is 2. The second kappa shape index (κ2) is 10.5. The number of amides is 1. The highest BCUT2D eigenvalue weighted by atomic mass is 32.2. The van der Waals surface area contributed by atoms with Gasteiger partial charge in [-0.05, 0) is 43.9 Å². The van der Waals surface area contributed by atoms with Crippen LogP contribution in [-0.4, -0.2) is 48.4 Å². The first kappa shape index (κ1) is 24.3. The number of nitrogens with zero attached hydrogens (tertiary/aromatic N) is 3. The number of piperidine rings is 1. The third kappa shape index (κ3) is 5.73. The maximum Gasteiger partial charge on any atom is 0.309 e. The van der Waals surface area contributed by atoms with Gasteiger partial charge in [-0.25, -0.2) is 17.7 Å². The number of benzene rings is 1. The van der Waals surface area contributed by atoms with Gasteiger partial charge in [0.05, 0.1) is 23.1 Å². The number of hydrogen-bond donors (Lipinski definition) is 0. The van der Waals surface area contributed by atoms with E-state index in [2.05, 4.69) is 11.9 Å². The predicted octanol–water partition coefficient (Wildman–Crippen LogP) is 3.50. The first-order valence-electron chi connectivity index (χ1n) is 10.7. The Balaban J connectivity index is 1.58. The van der Waals surface area contributed by atoms with Gasteiger partial charge in [0.2, 0.25) is 15.9 Å². The molecule has 0 radical (unpaired) electrons. The Labute approximate surface area is 193 Å². The van der Waals surface area contributed by atoms with Crippen molar-refractivity contribution in [2.24, 2.45) is 5.92 Å². The fourth-order valence-electron chi connectivity index (χ4n) is 3.59. The summed E-state index contributed by atoms with van der Waals surface area (Å²) in [7, 11) is -3.22. The van der Waals surface area contributed by atoms with E-state index in [0.29, 0.717) is 36.8 Å². The fourth-order valence-corrected chi connectivity index (χ4v) is 5.59. The normalized spacial score (nSPS) is 15.5. The zero-order valence-electron chi connectivity index (χ0n) is 18.6. The van der Waals surface area contributed by atoms with Crippen molar-refractivity contribution >= 4 is 44.1 Å². The molecule has 2 heterocycles. The largest absolute Gasteiger partial charge is 0.459 e. The van der Waals surface area contributed by atoms with Gasteiger partial charge in [0.1, 0.15) is 6.61 Å². The van der Waals surface area contributed by atoms with Crippen LogP contribution in [0, 0.1) is 5.92 Å². The summed E-state index contributed by atoms with van der Waals surface area (Å²) < 4.78 is 30.8. The van der Waals surface area contributed by atoms with Crippen LogP contribution in [0.3, 0.4) is 0 Å². The lowest BCUT2D eigenvalue weighted by Gasteiger charge is -2.29. The highest BCUT2D eigenvalue weighted by molar-refractivity contribution is 7.89. The van der Waals surface area contributed by atoms with Gasteiger partial charge in [0.15, 0.2) is 5.13 Å². The van der Waals surface area contributed by atoms with Crippen LogP contribution in [0.15, 0.2) is 29.6 Å². The van der Waals surface area contributed by atoms with Crippen molar-refractivity contribution in [2.75, 3.05) is 23.7 Å². The molecule has 1 aliphatic heterocycles. The number of thiazole rings is 1. The Morgan fingerprint density at radius 1 is 1.19 bits per heavy atom. The average Bonchev–Trinajstić information content (AvgIpc) is 3.26. The molecule has 1 aliphatic rings. The summed E-state index contributed by atoms with van der Waals surface area (Å²) in [5, 5.41) is 2.29. The number of hydrogen-bond acceptors (Lipinski definition) is 7. The number of sulfonamides is 1. The molecule has 0 atom stereocenters. The molecule has 174 valence electrons. The third-order valence-corrected chi connectivity index (χ3v) is 8.31. The molecule has 0 spiro atoms. The van der Waals surface area contributed by atoms with Gasteiger partial charge in [0.25, 0.3) is 0 Å². The van der Waals surface area contributed by atoms with Crippen molar-refractivity contribution in [3.8, 4) is 0 Å². The number of aryl methyl sites for hydroxylation is 1. The molecule has 1 fully saturated rings. The van der Waals surface area contributed by atoms with Crippen LogP contribution >= 0.6 is 11.3 Å². The van der Waals surface area contributed by atoms with E-state index >= 15 is 0 Å². The molecule has 1 saturated heterocycles. The zero-order valence-corrected chi connectivity index (χ0v) is 20.2. The molecule has 0 N–H and O–H groups in total. The van der Waals surface area contributed by atoms with Gasteiger partial charge < -0.3 is 4.74 Å². The Hall–Kier alpha value is -2.30. The van der Waals surface area contributed by atoms with Crippen LogP contribution in [-0.2, 0) is 37.4 Å². The number of esters is 1. The predicted molar refractivity (Wildman–Crippen MR) is 124 cm³/mol. The Morgan fingerprint density at radius 3 is 2.41 bits per heavy atom. The van der Waals surface area contributed by atoms with Crippen molar-refractivity contribution in [3.63, 3.8) is 0 Å². The summed E-state index contributed by atoms with van der Waals surface area (Å²) in [6.07, 6.45) is 1.82. The van der Waals surface area contributed by atoms with E-state index in [-0.39, 0.29) is 30.2 Å². The summed E-state index contributed by atoms with van der Waals surface area (Å²) in [6, 6.07) is 7.76. The van der Waals surface area contributed by atoms with Gasteiger partial charge in [0, 0.05) is 25.4 Å². The van der Waals surface area contributed by atoms with Gasteiger partial charge >= 0.3 is 5.97 Å². The number of carbonyl (C=O) groups is 2. The monoisotopic (exact) mass is 479 g/mol. The van der Waals surface area contributed by atoms with E-state index in [1.807, 2.05) is 24.3 Å². The van der Waals surface area contributed by atoms with Crippen molar-refractivity contribution in [1.29, 1.82) is 0 Å². The molecule has 1 aromatic carbocycles. The summed E-state index contributed by atoms with van der Waals surface area (Å²) in [6.45, 7) is 5.86. The third-order valence-electron chi connectivity index (χ3n) is 5.56. The minimum Gasteiger partial charge on any atom is -0.459 e. The molecule has 1 amide bonds. The number of ether oxygens (including phenoxy) is 1. The minimum atomic E-state index is -3.22. The molecule has 0 saturated carbocycles. The van der Waals surface area contributed by atoms with E-state index in [1.165, 1.54) is 28.1 Å². The Bertz CT molecular complexity index is 1040.